The van der Waals surface area contributed by atoms with Gasteiger partial charge in [0.25, 0.3) is 0 Å². The maximum absolute atomic E-state index is 12.0. The van der Waals surface area contributed by atoms with Gasteiger partial charge in [-0.2, -0.15) is 0 Å². The van der Waals surface area contributed by atoms with Crippen LogP contribution in [0.2, 0.25) is 10.0 Å². The summed E-state index contributed by atoms with van der Waals surface area (Å²) >= 11 is 12.7. The highest BCUT2D eigenvalue weighted by Gasteiger charge is 2.48. The van der Waals surface area contributed by atoms with Crippen LogP contribution in [0, 0.1) is 23.7 Å². The second-order valence-electron chi connectivity index (χ2n) is 12.9. The lowest BCUT2D eigenvalue weighted by Crippen LogP contribution is -2.58. The summed E-state index contributed by atoms with van der Waals surface area (Å²) in [6.07, 6.45) is 7.03. The van der Waals surface area contributed by atoms with Crippen LogP contribution in [0.5, 0.6) is 0 Å². The number of nitrogens with one attached hydrogen (secondary N) is 2. The Kier molecular flexibility index (Phi) is 8.04. The third-order valence-electron chi connectivity index (χ3n) is 9.62. The predicted octanol–water partition coefficient (Wildman–Crippen LogP) is 6.28. The fourth-order valence-electron chi connectivity index (χ4n) is 8.26. The minimum absolute atomic E-state index is 0.170. The zero-order valence-electron chi connectivity index (χ0n) is 23.5. The number of aliphatic imine (C=N–C) groups is 1. The molecule has 3 unspecified atom stereocenters. The van der Waals surface area contributed by atoms with E-state index >= 15 is 0 Å². The van der Waals surface area contributed by atoms with E-state index in [0.717, 1.165) is 59.5 Å². The Hall–Kier alpha value is -2.28. The molecule has 6 nitrogen and oxygen atoms in total. The van der Waals surface area contributed by atoms with E-state index in [9.17, 15) is 4.79 Å². The van der Waals surface area contributed by atoms with Crippen molar-refractivity contribution in [3.8, 4) is 0 Å². The number of primary amides is 1. The highest BCUT2D eigenvalue weighted by atomic mass is 35.5. The van der Waals surface area contributed by atoms with Crippen LogP contribution in [0.1, 0.15) is 69.4 Å². The number of carbonyl (C=O) groups is 1. The average Bonchev–Trinajstić information content (AvgIpc) is 2.88. The fourth-order valence-corrected chi connectivity index (χ4v) is 8.80. The lowest BCUT2D eigenvalue weighted by molar-refractivity contribution is -0.118. The zero-order valence-corrected chi connectivity index (χ0v) is 25.0. The molecule has 4 aliphatic carbocycles. The minimum Gasteiger partial charge on any atom is -0.370 e. The first-order valence-corrected chi connectivity index (χ1v) is 15.7. The van der Waals surface area contributed by atoms with Crippen LogP contribution in [-0.2, 0) is 4.79 Å². The van der Waals surface area contributed by atoms with Crippen molar-refractivity contribution < 1.29 is 4.79 Å². The third kappa shape index (κ3) is 6.00. The summed E-state index contributed by atoms with van der Waals surface area (Å²) in [7, 11) is 0. The van der Waals surface area contributed by atoms with E-state index in [0.29, 0.717) is 28.2 Å². The van der Waals surface area contributed by atoms with Gasteiger partial charge < -0.3 is 21.3 Å². The number of piperazine rings is 1. The molecule has 1 saturated heterocycles. The summed E-state index contributed by atoms with van der Waals surface area (Å²) in [5, 5.41) is 8.49. The van der Waals surface area contributed by atoms with Gasteiger partial charge in [0, 0.05) is 53.2 Å². The van der Waals surface area contributed by atoms with Crippen molar-refractivity contribution in [2.24, 2.45) is 34.4 Å². The summed E-state index contributed by atoms with van der Waals surface area (Å²) in [5.74, 6) is 3.70. The fraction of sp³-hybridized carbons (Fsp3) is 0.562. The van der Waals surface area contributed by atoms with E-state index in [4.69, 9.17) is 33.9 Å². The van der Waals surface area contributed by atoms with Gasteiger partial charge in [0.15, 0.2) is 5.96 Å². The number of nitrogens with two attached hydrogens (primary N) is 1. The molecule has 4 saturated carbocycles. The summed E-state index contributed by atoms with van der Waals surface area (Å²) in [6.45, 7) is 6.35. The van der Waals surface area contributed by atoms with Gasteiger partial charge >= 0.3 is 0 Å². The SMILES string of the molecule is CC1CN(/C(=N/C2C3CC4CC(C3)CC2C4)Nc2ccc(C(CC(N)=O)c3ccc(Cl)cc3Cl)cc2)CC(C)N1. The van der Waals surface area contributed by atoms with E-state index in [-0.39, 0.29) is 18.2 Å². The molecule has 1 heterocycles. The van der Waals surface area contributed by atoms with E-state index < -0.39 is 0 Å². The van der Waals surface area contributed by atoms with Gasteiger partial charge in [-0.1, -0.05) is 41.4 Å². The first-order chi connectivity index (χ1) is 19.2. The number of halogens is 2. The molecule has 0 spiro atoms. The van der Waals surface area contributed by atoms with Crippen LogP contribution in [0.4, 0.5) is 5.69 Å². The Labute approximate surface area is 248 Å². The van der Waals surface area contributed by atoms with Crippen LogP contribution in [0.15, 0.2) is 47.5 Å². The number of benzene rings is 2. The molecule has 40 heavy (non-hydrogen) atoms. The van der Waals surface area contributed by atoms with Gasteiger partial charge in [0.2, 0.25) is 5.91 Å². The van der Waals surface area contributed by atoms with Gasteiger partial charge in [0.1, 0.15) is 0 Å². The maximum Gasteiger partial charge on any atom is 0.218 e. The van der Waals surface area contributed by atoms with Crippen LogP contribution < -0.4 is 16.4 Å². The second kappa shape index (κ2) is 11.5. The monoisotopic (exact) mass is 581 g/mol. The number of guanidine groups is 1. The van der Waals surface area contributed by atoms with E-state index in [2.05, 4.69) is 53.6 Å². The van der Waals surface area contributed by atoms with Crippen molar-refractivity contribution >= 4 is 40.8 Å². The van der Waals surface area contributed by atoms with Gasteiger partial charge in [-0.05, 0) is 105 Å². The molecule has 8 heteroatoms. The summed E-state index contributed by atoms with van der Waals surface area (Å²) in [4.78, 5) is 20.0. The van der Waals surface area contributed by atoms with Crippen molar-refractivity contribution in [3.05, 3.63) is 63.6 Å². The van der Waals surface area contributed by atoms with E-state index in [1.165, 1.54) is 32.1 Å². The molecular formula is C32H41Cl2N5O. The molecule has 7 rings (SSSR count). The van der Waals surface area contributed by atoms with Crippen LogP contribution in [0.3, 0.4) is 0 Å². The molecule has 2 aromatic carbocycles. The second-order valence-corrected chi connectivity index (χ2v) is 13.7. The Morgan fingerprint density at radius 2 is 1.62 bits per heavy atom. The van der Waals surface area contributed by atoms with Gasteiger partial charge in [-0.3, -0.25) is 4.79 Å². The molecule has 3 atom stereocenters. The summed E-state index contributed by atoms with van der Waals surface area (Å²) < 4.78 is 0. The van der Waals surface area contributed by atoms with Crippen molar-refractivity contribution in [2.45, 2.75) is 76.4 Å². The topological polar surface area (TPSA) is 82.8 Å². The van der Waals surface area contributed by atoms with Crippen molar-refractivity contribution in [3.63, 3.8) is 0 Å². The molecule has 4 N–H and O–H groups in total. The predicted molar refractivity (Wildman–Crippen MR) is 164 cm³/mol. The average molecular weight is 583 g/mol. The number of amides is 1. The largest absolute Gasteiger partial charge is 0.370 e. The summed E-state index contributed by atoms with van der Waals surface area (Å²) in [6, 6.07) is 14.9. The molecule has 1 aliphatic heterocycles. The highest BCUT2D eigenvalue weighted by molar-refractivity contribution is 6.35. The lowest BCUT2D eigenvalue weighted by Gasteiger charge is -2.53. The number of hydrogen-bond acceptors (Lipinski definition) is 3. The van der Waals surface area contributed by atoms with Crippen molar-refractivity contribution in [1.82, 2.24) is 10.2 Å². The number of nitrogens with zero attached hydrogens (tertiary/aromatic N) is 2. The molecule has 214 valence electrons. The lowest BCUT2D eigenvalue weighted by atomic mass is 9.54. The molecule has 0 aromatic heterocycles. The van der Waals surface area contributed by atoms with Gasteiger partial charge in [-0.15, -0.1) is 0 Å². The van der Waals surface area contributed by atoms with Crippen LogP contribution in [0.25, 0.3) is 0 Å². The smallest absolute Gasteiger partial charge is 0.218 e. The van der Waals surface area contributed by atoms with E-state index in [1.807, 2.05) is 6.07 Å². The van der Waals surface area contributed by atoms with Crippen LogP contribution >= 0.6 is 23.2 Å². The molecule has 1 amide bonds. The maximum atomic E-state index is 12.0. The molecule has 4 bridgehead atoms. The normalized spacial score (nSPS) is 32.2. The molecule has 2 aromatic rings. The number of anilines is 1. The quantitative estimate of drug-likeness (QED) is 0.277. The van der Waals surface area contributed by atoms with Crippen molar-refractivity contribution in [2.75, 3.05) is 18.4 Å². The molecule has 5 aliphatic rings. The third-order valence-corrected chi connectivity index (χ3v) is 10.2. The van der Waals surface area contributed by atoms with Crippen molar-refractivity contribution in [1.29, 1.82) is 0 Å². The minimum atomic E-state index is -0.370. The number of hydrogen-bond donors (Lipinski definition) is 3. The Morgan fingerprint density at radius 1 is 1.00 bits per heavy atom. The molecular weight excluding hydrogens is 541 g/mol. The Morgan fingerprint density at radius 3 is 2.20 bits per heavy atom. The molecule has 5 fully saturated rings. The standard InChI is InChI=1S/C32H41Cl2N5O/c1-18-16-39(17-19(2)36-18)32(38-31-23-10-20-9-21(12-23)13-24(31)11-20)37-26-6-3-22(4-7-26)28(15-30(35)40)27-8-5-25(33)14-29(27)34/h3-8,14,18-21,23-24,28,31,36H,9-13,15-17H2,1-2H3,(H2,35,40)(H,37,38). The van der Waals surface area contributed by atoms with E-state index in [1.54, 1.807) is 12.1 Å². The first-order valence-electron chi connectivity index (χ1n) is 14.9. The number of carbonyl (C=O) groups excluding carboxylic acids is 1. The highest BCUT2D eigenvalue weighted by Crippen LogP contribution is 2.54. The van der Waals surface area contributed by atoms with Gasteiger partial charge in [0.05, 0.1) is 6.04 Å². The molecule has 0 radical (unpaired) electrons. The van der Waals surface area contributed by atoms with Crippen LogP contribution in [-0.4, -0.2) is 48.0 Å². The first kappa shape index (κ1) is 27.9. The number of rotatable bonds is 6. The zero-order chi connectivity index (χ0) is 28.0. The Balaban J connectivity index is 1.27. The Bertz CT molecular complexity index is 1230. The van der Waals surface area contributed by atoms with Gasteiger partial charge in [-0.25, -0.2) is 4.99 Å². The summed E-state index contributed by atoms with van der Waals surface area (Å²) in [5.41, 5.74) is 8.46.